The summed E-state index contributed by atoms with van der Waals surface area (Å²) in [6, 6.07) is -0.911. The van der Waals surface area contributed by atoms with Crippen molar-refractivity contribution in [3.05, 3.63) is 24.3 Å². The van der Waals surface area contributed by atoms with Gasteiger partial charge in [-0.25, -0.2) is 0 Å². The van der Waals surface area contributed by atoms with Crippen molar-refractivity contribution in [1.29, 1.82) is 0 Å². The second-order valence-electron chi connectivity index (χ2n) is 14.3. The third-order valence-corrected chi connectivity index (χ3v) is 9.43. The van der Waals surface area contributed by atoms with Gasteiger partial charge in [0.2, 0.25) is 5.91 Å². The second kappa shape index (κ2) is 31.0. The number of hydrogen-bond donors (Lipinski definition) is 2. The second-order valence-corrected chi connectivity index (χ2v) is 15.7. The number of aliphatic hydroxyl groups excluding tert-OH is 1. The molecule has 0 rings (SSSR count). The Balaban J connectivity index is 4.46. The Hall–Kier alpha value is -1.02. The van der Waals surface area contributed by atoms with E-state index in [-0.39, 0.29) is 12.5 Å². The molecule has 0 aliphatic heterocycles. The number of allylic oxidation sites excluding steroid dienone is 3. The number of rotatable bonds is 34. The first-order valence-electron chi connectivity index (χ1n) is 19.2. The molecule has 0 spiro atoms. The number of carbonyl (C=O) groups is 1. The van der Waals surface area contributed by atoms with Crippen LogP contribution in [0.25, 0.3) is 0 Å². The van der Waals surface area contributed by atoms with Crippen LogP contribution in [0.1, 0.15) is 162 Å². The maximum absolute atomic E-state index is 12.7. The monoisotopic (exact) mass is 687 g/mol. The summed E-state index contributed by atoms with van der Waals surface area (Å²) in [6.45, 7) is 4.55. The number of aliphatic hydroxyl groups is 1. The van der Waals surface area contributed by atoms with Crippen molar-refractivity contribution in [3.63, 3.8) is 0 Å². The fraction of sp³-hybridized carbons (Fsp3) is 0.868. The normalized spacial score (nSPS) is 15.0. The van der Waals surface area contributed by atoms with Gasteiger partial charge in [-0.2, -0.15) is 0 Å². The van der Waals surface area contributed by atoms with Crippen molar-refractivity contribution in [3.8, 4) is 0 Å². The highest BCUT2D eigenvalue weighted by Gasteiger charge is 2.23. The van der Waals surface area contributed by atoms with Crippen LogP contribution < -0.4 is 10.2 Å². The Bertz CT molecular complexity index is 829. The van der Waals surface area contributed by atoms with Gasteiger partial charge in [0.05, 0.1) is 39.9 Å². The highest BCUT2D eigenvalue weighted by molar-refractivity contribution is 7.45. The first-order valence-corrected chi connectivity index (χ1v) is 20.7. The minimum absolute atomic E-state index is 0.00769. The summed E-state index contributed by atoms with van der Waals surface area (Å²) in [7, 11) is 1.23. The molecule has 0 aliphatic carbocycles. The largest absolute Gasteiger partial charge is 0.756 e. The SMILES string of the molecule is CCCCCCC/C=C/C=C/[C@@H](O)[C@H](COP(=O)([O-])OCC[N+](C)(C)C)NC(=O)CCCCCCCCCCCCCCCCCC. The summed E-state index contributed by atoms with van der Waals surface area (Å²) in [5, 5.41) is 13.6. The highest BCUT2D eigenvalue weighted by atomic mass is 31.2. The van der Waals surface area contributed by atoms with Crippen molar-refractivity contribution in [1.82, 2.24) is 5.32 Å². The molecule has 8 nitrogen and oxygen atoms in total. The van der Waals surface area contributed by atoms with Crippen LogP contribution in [0.5, 0.6) is 0 Å². The van der Waals surface area contributed by atoms with E-state index in [0.29, 0.717) is 17.4 Å². The van der Waals surface area contributed by atoms with Gasteiger partial charge in [0.25, 0.3) is 7.82 Å². The van der Waals surface area contributed by atoms with E-state index >= 15 is 0 Å². The molecule has 0 fully saturated rings. The minimum atomic E-state index is -4.58. The number of phosphoric acid groups is 1. The molecule has 0 radical (unpaired) electrons. The quantitative estimate of drug-likeness (QED) is 0.0303. The lowest BCUT2D eigenvalue weighted by molar-refractivity contribution is -0.870. The van der Waals surface area contributed by atoms with Gasteiger partial charge >= 0.3 is 0 Å². The van der Waals surface area contributed by atoms with Crippen LogP contribution >= 0.6 is 7.82 Å². The maximum Gasteiger partial charge on any atom is 0.268 e. The first kappa shape index (κ1) is 46.0. The van der Waals surface area contributed by atoms with Gasteiger partial charge in [-0.3, -0.25) is 9.36 Å². The molecule has 2 N–H and O–H groups in total. The van der Waals surface area contributed by atoms with Crippen molar-refractivity contribution >= 4 is 13.7 Å². The summed E-state index contributed by atoms with van der Waals surface area (Å²) in [5.74, 6) is -0.217. The van der Waals surface area contributed by atoms with E-state index in [4.69, 9.17) is 9.05 Å². The predicted octanol–water partition coefficient (Wildman–Crippen LogP) is 9.16. The van der Waals surface area contributed by atoms with Gasteiger partial charge in [-0.1, -0.05) is 160 Å². The molecule has 3 atom stereocenters. The van der Waals surface area contributed by atoms with Crippen LogP contribution in [0.4, 0.5) is 0 Å². The van der Waals surface area contributed by atoms with E-state index in [9.17, 15) is 19.4 Å². The minimum Gasteiger partial charge on any atom is -0.756 e. The summed E-state index contributed by atoms with van der Waals surface area (Å²) in [5.41, 5.74) is 0. The number of nitrogens with one attached hydrogen (secondary N) is 1. The van der Waals surface area contributed by atoms with Crippen LogP contribution in [0.2, 0.25) is 0 Å². The number of amides is 1. The smallest absolute Gasteiger partial charge is 0.268 e. The molecule has 0 saturated heterocycles. The molecule has 0 heterocycles. The van der Waals surface area contributed by atoms with E-state index in [2.05, 4.69) is 25.2 Å². The Kier molecular flexibility index (Phi) is 30.3. The van der Waals surface area contributed by atoms with Gasteiger partial charge in [0.1, 0.15) is 13.2 Å². The van der Waals surface area contributed by atoms with Gasteiger partial charge in [-0.05, 0) is 19.3 Å². The molecule has 0 saturated carbocycles. The fourth-order valence-electron chi connectivity index (χ4n) is 5.33. The number of quaternary nitrogens is 1. The molecular weight excluding hydrogens is 611 g/mol. The Labute approximate surface area is 290 Å². The average molecular weight is 687 g/mol. The Morgan fingerprint density at radius 3 is 1.70 bits per heavy atom. The zero-order valence-electron chi connectivity index (χ0n) is 31.2. The number of carbonyl (C=O) groups excluding carboxylic acids is 1. The summed E-state index contributed by atoms with van der Waals surface area (Å²) in [6.07, 6.45) is 33.8. The van der Waals surface area contributed by atoms with E-state index < -0.39 is 26.6 Å². The zero-order valence-corrected chi connectivity index (χ0v) is 32.1. The molecule has 278 valence electrons. The van der Waals surface area contributed by atoms with E-state index in [1.807, 2.05) is 27.2 Å². The number of likely N-dealkylation sites (N-methyl/N-ethyl adjacent to an activating group) is 1. The third-order valence-electron chi connectivity index (χ3n) is 8.47. The number of unbranched alkanes of at least 4 members (excludes halogenated alkanes) is 20. The molecule has 0 aromatic rings. The van der Waals surface area contributed by atoms with Crippen LogP contribution in [-0.2, 0) is 18.4 Å². The topological polar surface area (TPSA) is 108 Å². The summed E-state index contributed by atoms with van der Waals surface area (Å²) >= 11 is 0. The molecule has 1 unspecified atom stereocenters. The Morgan fingerprint density at radius 1 is 0.745 bits per heavy atom. The predicted molar refractivity (Wildman–Crippen MR) is 196 cm³/mol. The van der Waals surface area contributed by atoms with Crippen molar-refractivity contribution in [2.24, 2.45) is 0 Å². The standard InChI is InChI=1S/C38H75N2O6P/c1-6-8-10-12-14-16-17-18-19-20-21-22-24-26-28-30-32-38(42)39-36(35-46-47(43,44)45-34-33-40(3,4)5)37(41)31-29-27-25-23-15-13-11-9-7-2/h25,27,29,31,36-37,41H,6-24,26,28,30,32-35H2,1-5H3,(H-,39,42,43,44)/b27-25+,31-29+/t36-,37+/m0/s1. The lowest BCUT2D eigenvalue weighted by atomic mass is 10.0. The number of hydrogen-bond acceptors (Lipinski definition) is 6. The number of phosphoric ester groups is 1. The lowest BCUT2D eigenvalue weighted by Gasteiger charge is -2.29. The van der Waals surface area contributed by atoms with E-state index in [0.717, 1.165) is 32.1 Å². The molecule has 47 heavy (non-hydrogen) atoms. The molecule has 0 aromatic carbocycles. The molecular formula is C38H75N2O6P. The van der Waals surface area contributed by atoms with E-state index in [1.54, 1.807) is 12.2 Å². The van der Waals surface area contributed by atoms with Crippen molar-refractivity contribution in [2.45, 2.75) is 174 Å². The third kappa shape index (κ3) is 33.3. The van der Waals surface area contributed by atoms with Crippen LogP contribution in [0.15, 0.2) is 24.3 Å². The van der Waals surface area contributed by atoms with Crippen LogP contribution in [0, 0.1) is 0 Å². The number of nitrogens with zero attached hydrogens (tertiary/aromatic N) is 1. The molecule has 9 heteroatoms. The van der Waals surface area contributed by atoms with Gasteiger partial charge in [0.15, 0.2) is 0 Å². The average Bonchev–Trinajstić information content (AvgIpc) is 3.01. The lowest BCUT2D eigenvalue weighted by Crippen LogP contribution is -2.45. The Morgan fingerprint density at radius 2 is 1.21 bits per heavy atom. The molecule has 1 amide bonds. The van der Waals surface area contributed by atoms with E-state index in [1.165, 1.54) is 109 Å². The molecule has 0 aromatic heterocycles. The zero-order chi connectivity index (χ0) is 35.1. The van der Waals surface area contributed by atoms with Crippen LogP contribution in [0.3, 0.4) is 0 Å². The summed E-state index contributed by atoms with van der Waals surface area (Å²) < 4.78 is 23.0. The molecule has 0 aliphatic rings. The van der Waals surface area contributed by atoms with Gasteiger partial charge in [-0.15, -0.1) is 0 Å². The van der Waals surface area contributed by atoms with Gasteiger partial charge < -0.3 is 28.8 Å². The fourth-order valence-corrected chi connectivity index (χ4v) is 6.05. The maximum atomic E-state index is 12.7. The van der Waals surface area contributed by atoms with Gasteiger partial charge in [0, 0.05) is 6.42 Å². The molecule has 0 bridgehead atoms. The summed E-state index contributed by atoms with van der Waals surface area (Å²) in [4.78, 5) is 25.1. The van der Waals surface area contributed by atoms with Crippen molar-refractivity contribution in [2.75, 3.05) is 40.9 Å². The van der Waals surface area contributed by atoms with Crippen molar-refractivity contribution < 1.29 is 32.9 Å². The first-order chi connectivity index (χ1) is 22.5. The van der Waals surface area contributed by atoms with Crippen LogP contribution in [-0.4, -0.2) is 68.5 Å². The highest BCUT2D eigenvalue weighted by Crippen LogP contribution is 2.38.